The second-order valence-corrected chi connectivity index (χ2v) is 10.3. The molecule has 0 aliphatic carbocycles. The molecular weight excluding hydrogens is 489 g/mol. The molecule has 35 heavy (non-hydrogen) atoms. The van der Waals surface area contributed by atoms with Crippen molar-refractivity contribution in [1.82, 2.24) is 19.6 Å². The number of rotatable bonds is 8. The van der Waals surface area contributed by atoms with Gasteiger partial charge in [-0.1, -0.05) is 12.1 Å². The van der Waals surface area contributed by atoms with Crippen molar-refractivity contribution in [2.75, 3.05) is 18.8 Å². The summed E-state index contributed by atoms with van der Waals surface area (Å²) in [5.74, 6) is -2.54. The molecule has 2 heterocycles. The number of para-hydroxylation sites is 2. The maximum Gasteiger partial charge on any atom is 0.425 e. The van der Waals surface area contributed by atoms with Gasteiger partial charge in [0.1, 0.15) is 5.69 Å². The second-order valence-electron chi connectivity index (χ2n) is 8.47. The number of benzene rings is 1. The van der Waals surface area contributed by atoms with Gasteiger partial charge in [-0.2, -0.15) is 13.2 Å². The molecule has 0 radical (unpaired) electrons. The van der Waals surface area contributed by atoms with Crippen molar-refractivity contribution in [2.45, 2.75) is 51.8 Å². The van der Waals surface area contributed by atoms with Crippen LogP contribution in [0.2, 0.25) is 0 Å². The Bertz CT molecular complexity index is 1180. The van der Waals surface area contributed by atoms with Gasteiger partial charge in [0.15, 0.2) is 6.10 Å². The van der Waals surface area contributed by atoms with Crippen LogP contribution < -0.4 is 9.46 Å². The molecule has 1 atom stereocenters. The van der Waals surface area contributed by atoms with Gasteiger partial charge in [-0.15, -0.1) is 0 Å². The maximum absolute atomic E-state index is 14.0. The lowest BCUT2D eigenvalue weighted by molar-refractivity contribution is -0.214. The minimum atomic E-state index is -4.69. The summed E-state index contributed by atoms with van der Waals surface area (Å²) in [6.07, 6.45) is -6.65. The fourth-order valence-corrected chi connectivity index (χ4v) is 5.11. The Morgan fingerprint density at radius 1 is 1.14 bits per heavy atom. The average molecular weight is 517 g/mol. The molecule has 1 aromatic carbocycles. The number of carbonyl (C=O) groups excluding carboxylic acids is 2. The number of hydrogen-bond acceptors (Lipinski definition) is 7. The van der Waals surface area contributed by atoms with E-state index in [1.54, 1.807) is 24.3 Å². The van der Waals surface area contributed by atoms with Crippen LogP contribution in [0, 0.1) is 5.92 Å². The standard InChI is InChI=1S/C22H27F3N4O5S/c1-14(30)28-35(32,33)13-5-8-19-21(27-18-7-4-3-6-17(18)26-19)34-20(22(23,24)25)16-9-11-29(12-10-16)15(2)31/h3-4,6-7,16,20H,5,8-13H2,1-2H3,(H,28,30). The van der Waals surface area contributed by atoms with E-state index in [0.717, 1.165) is 6.92 Å². The number of halogens is 3. The van der Waals surface area contributed by atoms with Crippen LogP contribution in [0.3, 0.4) is 0 Å². The Balaban J connectivity index is 1.86. The van der Waals surface area contributed by atoms with Crippen molar-refractivity contribution in [3.63, 3.8) is 0 Å². The van der Waals surface area contributed by atoms with E-state index in [2.05, 4.69) is 9.97 Å². The minimum absolute atomic E-state index is 0.0142. The third-order valence-corrected chi connectivity index (χ3v) is 7.13. The van der Waals surface area contributed by atoms with Crippen molar-refractivity contribution >= 4 is 32.9 Å². The summed E-state index contributed by atoms with van der Waals surface area (Å²) in [5.41, 5.74) is 0.861. The van der Waals surface area contributed by atoms with Crippen LogP contribution in [0.15, 0.2) is 24.3 Å². The van der Waals surface area contributed by atoms with Crippen molar-refractivity contribution in [3.05, 3.63) is 30.0 Å². The summed E-state index contributed by atoms with van der Waals surface area (Å²) < 4.78 is 73.4. The van der Waals surface area contributed by atoms with Crippen molar-refractivity contribution in [1.29, 1.82) is 0 Å². The number of fused-ring (bicyclic) bond motifs is 1. The summed E-state index contributed by atoms with van der Waals surface area (Å²) in [7, 11) is -3.88. The van der Waals surface area contributed by atoms with Gasteiger partial charge in [0.25, 0.3) is 0 Å². The van der Waals surface area contributed by atoms with Crippen LogP contribution in [-0.4, -0.2) is 66.2 Å². The summed E-state index contributed by atoms with van der Waals surface area (Å²) in [4.78, 5) is 32.7. The number of piperidine rings is 1. The van der Waals surface area contributed by atoms with Gasteiger partial charge in [0.2, 0.25) is 27.7 Å². The number of ether oxygens (including phenoxy) is 1. The maximum atomic E-state index is 14.0. The van der Waals surface area contributed by atoms with Crippen LogP contribution in [0.5, 0.6) is 5.88 Å². The predicted molar refractivity (Wildman–Crippen MR) is 121 cm³/mol. The molecule has 1 aliphatic rings. The van der Waals surface area contributed by atoms with E-state index in [1.165, 1.54) is 11.8 Å². The molecule has 0 spiro atoms. The first-order chi connectivity index (χ1) is 16.4. The van der Waals surface area contributed by atoms with Gasteiger partial charge in [0.05, 0.1) is 16.8 Å². The first-order valence-electron chi connectivity index (χ1n) is 11.1. The average Bonchev–Trinajstić information content (AvgIpc) is 2.75. The van der Waals surface area contributed by atoms with Crippen LogP contribution in [0.4, 0.5) is 13.2 Å². The number of alkyl halides is 3. The van der Waals surface area contributed by atoms with Crippen LogP contribution in [0.25, 0.3) is 11.0 Å². The van der Waals surface area contributed by atoms with E-state index in [-0.39, 0.29) is 56.3 Å². The Morgan fingerprint density at radius 3 is 2.29 bits per heavy atom. The molecule has 1 fully saturated rings. The molecular formula is C22H27F3N4O5S. The normalized spacial score (nSPS) is 16.2. The van der Waals surface area contributed by atoms with E-state index < -0.39 is 39.9 Å². The molecule has 1 unspecified atom stereocenters. The van der Waals surface area contributed by atoms with Gasteiger partial charge >= 0.3 is 6.18 Å². The minimum Gasteiger partial charge on any atom is -0.463 e. The lowest BCUT2D eigenvalue weighted by atomic mass is 9.90. The van der Waals surface area contributed by atoms with Crippen LogP contribution >= 0.6 is 0 Å². The van der Waals surface area contributed by atoms with Crippen molar-refractivity contribution in [2.24, 2.45) is 5.92 Å². The van der Waals surface area contributed by atoms with E-state index in [1.807, 2.05) is 4.72 Å². The van der Waals surface area contributed by atoms with E-state index in [4.69, 9.17) is 4.74 Å². The second kappa shape index (κ2) is 10.8. The molecule has 1 aliphatic heterocycles. The number of nitrogens with zero attached hydrogens (tertiary/aromatic N) is 3. The highest BCUT2D eigenvalue weighted by Crippen LogP contribution is 2.36. The number of nitrogens with one attached hydrogen (secondary N) is 1. The third kappa shape index (κ3) is 7.26. The fourth-order valence-electron chi connectivity index (χ4n) is 4.04. The highest BCUT2D eigenvalue weighted by molar-refractivity contribution is 7.90. The molecule has 192 valence electrons. The molecule has 1 N–H and O–H groups in total. The number of likely N-dealkylation sites (tertiary alicyclic amines) is 1. The largest absolute Gasteiger partial charge is 0.463 e. The Hall–Kier alpha value is -2.96. The third-order valence-electron chi connectivity index (χ3n) is 5.71. The Kier molecular flexibility index (Phi) is 8.18. The monoisotopic (exact) mass is 516 g/mol. The summed E-state index contributed by atoms with van der Waals surface area (Å²) in [5, 5.41) is 0. The molecule has 9 nitrogen and oxygen atoms in total. The van der Waals surface area contributed by atoms with Gasteiger partial charge in [0, 0.05) is 32.9 Å². The predicted octanol–water partition coefficient (Wildman–Crippen LogP) is 2.60. The molecule has 0 saturated carbocycles. The van der Waals surface area contributed by atoms with Gasteiger partial charge < -0.3 is 9.64 Å². The molecule has 2 aromatic rings. The quantitative estimate of drug-likeness (QED) is 0.573. The number of sulfonamides is 1. The van der Waals surface area contributed by atoms with Gasteiger partial charge in [-0.3, -0.25) is 14.3 Å². The van der Waals surface area contributed by atoms with Crippen molar-refractivity contribution in [3.8, 4) is 5.88 Å². The van der Waals surface area contributed by atoms with Crippen LogP contribution in [-0.2, 0) is 26.0 Å². The number of amides is 2. The van der Waals surface area contributed by atoms with E-state index >= 15 is 0 Å². The number of hydrogen-bond donors (Lipinski definition) is 1. The Morgan fingerprint density at radius 2 is 1.74 bits per heavy atom. The molecule has 1 aromatic heterocycles. The zero-order chi connectivity index (χ0) is 25.8. The van der Waals surface area contributed by atoms with E-state index in [9.17, 15) is 31.2 Å². The molecule has 3 rings (SSSR count). The lowest BCUT2D eigenvalue weighted by Gasteiger charge is -2.36. The SMILES string of the molecule is CC(=O)NS(=O)(=O)CCCc1nc2ccccc2nc1OC(C1CCN(C(C)=O)CC1)C(F)(F)F. The molecule has 0 bridgehead atoms. The van der Waals surface area contributed by atoms with E-state index in [0.29, 0.717) is 11.0 Å². The molecule has 1 saturated heterocycles. The smallest absolute Gasteiger partial charge is 0.425 e. The van der Waals surface area contributed by atoms with Gasteiger partial charge in [-0.05, 0) is 37.8 Å². The lowest BCUT2D eigenvalue weighted by Crippen LogP contribution is -2.47. The summed E-state index contributed by atoms with van der Waals surface area (Å²) >= 11 is 0. The zero-order valence-corrected chi connectivity index (χ0v) is 20.2. The topological polar surface area (TPSA) is 119 Å². The number of aromatic nitrogens is 2. The highest BCUT2D eigenvalue weighted by atomic mass is 32.2. The first kappa shape index (κ1) is 26.6. The molecule has 2 amide bonds. The fraction of sp³-hybridized carbons (Fsp3) is 0.545. The summed E-state index contributed by atoms with van der Waals surface area (Å²) in [6.45, 7) is 2.85. The molecule has 13 heteroatoms. The number of aryl methyl sites for hydroxylation is 1. The van der Waals surface area contributed by atoms with Crippen LogP contribution in [0.1, 0.15) is 38.8 Å². The highest BCUT2D eigenvalue weighted by Gasteiger charge is 2.48. The number of carbonyl (C=O) groups is 2. The Labute approximate surface area is 201 Å². The van der Waals surface area contributed by atoms with Crippen molar-refractivity contribution < 1.29 is 35.9 Å². The zero-order valence-electron chi connectivity index (χ0n) is 19.3. The first-order valence-corrected chi connectivity index (χ1v) is 12.8. The van der Waals surface area contributed by atoms with Gasteiger partial charge in [-0.25, -0.2) is 18.4 Å². The summed E-state index contributed by atoms with van der Waals surface area (Å²) in [6, 6.07) is 6.60.